The molecule has 35 heavy (non-hydrogen) atoms. The number of nitrogens with zero attached hydrogens (tertiary/aromatic N) is 6. The van der Waals surface area contributed by atoms with Crippen molar-refractivity contribution in [2.45, 2.75) is 58.0 Å². The van der Waals surface area contributed by atoms with Gasteiger partial charge in [0.05, 0.1) is 12.2 Å². The van der Waals surface area contributed by atoms with E-state index in [1.165, 1.54) is 29.7 Å². The van der Waals surface area contributed by atoms with Crippen LogP contribution in [0.4, 0.5) is 11.5 Å². The summed E-state index contributed by atoms with van der Waals surface area (Å²) < 4.78 is 6.28. The fourth-order valence-electron chi connectivity index (χ4n) is 5.93. The van der Waals surface area contributed by atoms with Gasteiger partial charge in [-0.2, -0.15) is 9.97 Å². The molecule has 1 aromatic carbocycles. The Morgan fingerprint density at radius 3 is 2.69 bits per heavy atom. The summed E-state index contributed by atoms with van der Waals surface area (Å²) in [6, 6.07) is 9.57. The number of para-hydroxylation sites is 1. The number of ether oxygens (including phenoxy) is 1. The zero-order valence-electron chi connectivity index (χ0n) is 21.2. The van der Waals surface area contributed by atoms with E-state index in [-0.39, 0.29) is 0 Å². The quantitative estimate of drug-likeness (QED) is 0.581. The third-order valence-electron chi connectivity index (χ3n) is 7.95. The maximum Gasteiger partial charge on any atom is 0.318 e. The zero-order valence-corrected chi connectivity index (χ0v) is 21.2. The van der Waals surface area contributed by atoms with Gasteiger partial charge < -0.3 is 24.3 Å². The van der Waals surface area contributed by atoms with Crippen LogP contribution in [0.5, 0.6) is 6.01 Å². The van der Waals surface area contributed by atoms with Gasteiger partial charge >= 0.3 is 6.01 Å². The van der Waals surface area contributed by atoms with Crippen molar-refractivity contribution >= 4 is 11.5 Å². The van der Waals surface area contributed by atoms with Crippen molar-refractivity contribution in [3.05, 3.63) is 52.5 Å². The molecular weight excluding hydrogens is 436 g/mol. The molecule has 0 unspecified atom stereocenters. The van der Waals surface area contributed by atoms with Gasteiger partial charge in [-0.05, 0) is 70.7 Å². The van der Waals surface area contributed by atoms with E-state index in [1.54, 1.807) is 0 Å². The number of likely N-dealkylation sites (N-methyl/N-ethyl adjacent to an activating group) is 1. The highest BCUT2D eigenvalue weighted by molar-refractivity contribution is 5.56. The minimum absolute atomic E-state index is 0.414. The van der Waals surface area contributed by atoms with E-state index in [2.05, 4.69) is 57.8 Å². The molecule has 4 heterocycles. The lowest BCUT2D eigenvalue weighted by molar-refractivity contribution is 0.187. The predicted octanol–water partition coefficient (Wildman–Crippen LogP) is 4.35. The van der Waals surface area contributed by atoms with E-state index in [9.17, 15) is 0 Å². The molecule has 2 aromatic rings. The first-order valence-corrected chi connectivity index (χ1v) is 13.2. The Morgan fingerprint density at radius 1 is 1.06 bits per heavy atom. The molecule has 7 heteroatoms. The molecule has 1 aromatic heterocycles. The Bertz CT molecular complexity index is 1070. The monoisotopic (exact) mass is 474 g/mol. The van der Waals surface area contributed by atoms with Gasteiger partial charge in [-0.15, -0.1) is 0 Å². The number of piperidine rings is 1. The molecule has 3 aliphatic rings. The van der Waals surface area contributed by atoms with Crippen molar-refractivity contribution in [3.8, 4) is 6.01 Å². The number of hydrogen-bond donors (Lipinski definition) is 0. The fourth-order valence-corrected chi connectivity index (χ4v) is 5.93. The lowest BCUT2D eigenvalue weighted by Gasteiger charge is -2.33. The molecule has 3 aliphatic heterocycles. The summed E-state index contributed by atoms with van der Waals surface area (Å²) in [6.45, 7) is 15.6. The minimum atomic E-state index is 0.414. The summed E-state index contributed by atoms with van der Waals surface area (Å²) in [5, 5.41) is 0. The number of benzene rings is 1. The second-order valence-corrected chi connectivity index (χ2v) is 10.4. The molecule has 2 fully saturated rings. The highest BCUT2D eigenvalue weighted by Gasteiger charge is 2.29. The first-order valence-electron chi connectivity index (χ1n) is 13.2. The maximum atomic E-state index is 7.35. The van der Waals surface area contributed by atoms with E-state index in [0.29, 0.717) is 31.1 Å². The largest absolute Gasteiger partial charge is 0.462 e. The smallest absolute Gasteiger partial charge is 0.318 e. The molecule has 2 atom stereocenters. The minimum Gasteiger partial charge on any atom is -0.462 e. The number of fused-ring (bicyclic) bond motifs is 1. The Hall–Kier alpha value is -2.85. The van der Waals surface area contributed by atoms with Crippen molar-refractivity contribution in [3.63, 3.8) is 0 Å². The topological polar surface area (TPSA) is 49.1 Å². The molecule has 5 rings (SSSR count). The molecule has 0 amide bonds. The lowest BCUT2D eigenvalue weighted by atomic mass is 9.97. The second-order valence-electron chi connectivity index (χ2n) is 10.4. The van der Waals surface area contributed by atoms with Gasteiger partial charge in [0.25, 0.3) is 0 Å². The molecule has 0 radical (unpaired) electrons. The van der Waals surface area contributed by atoms with Gasteiger partial charge in [-0.3, -0.25) is 0 Å². The van der Waals surface area contributed by atoms with Gasteiger partial charge in [0.15, 0.2) is 0 Å². The summed E-state index contributed by atoms with van der Waals surface area (Å²) >= 11 is 0. The number of hydrogen-bond acceptors (Lipinski definition) is 6. The Balaban J connectivity index is 1.46. The van der Waals surface area contributed by atoms with Crippen LogP contribution in [0.15, 0.2) is 24.3 Å². The third kappa shape index (κ3) is 5.38. The molecule has 0 spiro atoms. The third-order valence-corrected chi connectivity index (χ3v) is 7.95. The molecular formula is C28H38N6O. The molecule has 0 saturated carbocycles. The summed E-state index contributed by atoms with van der Waals surface area (Å²) in [5.74, 6) is 1.46. The molecule has 0 N–H and O–H groups in total. The van der Waals surface area contributed by atoms with Gasteiger partial charge in [0.2, 0.25) is 6.54 Å². The molecule has 7 nitrogen and oxygen atoms in total. The molecule has 2 saturated heterocycles. The van der Waals surface area contributed by atoms with Gasteiger partial charge in [-0.1, -0.05) is 18.2 Å². The molecule has 186 valence electrons. The number of anilines is 2. The summed E-state index contributed by atoms with van der Waals surface area (Å²) in [4.78, 5) is 21.0. The van der Waals surface area contributed by atoms with Gasteiger partial charge in [-0.25, -0.2) is 6.57 Å². The number of aromatic nitrogens is 2. The van der Waals surface area contributed by atoms with Gasteiger partial charge in [0, 0.05) is 42.8 Å². The summed E-state index contributed by atoms with van der Waals surface area (Å²) in [6.07, 6.45) is 6.68. The molecule has 0 aliphatic carbocycles. The average molecular weight is 475 g/mol. The van der Waals surface area contributed by atoms with Crippen LogP contribution in [0.2, 0.25) is 0 Å². The number of likely N-dealkylation sites (tertiary alicyclic amines) is 1. The molecule has 0 bridgehead atoms. The zero-order chi connectivity index (χ0) is 24.2. The van der Waals surface area contributed by atoms with Crippen LogP contribution in [0.25, 0.3) is 4.85 Å². The summed E-state index contributed by atoms with van der Waals surface area (Å²) in [5.41, 5.74) is 4.95. The SMILES string of the molecule is [C-]#[N+]C[C@@H]1CCCN(c2nc(OC[C@@H]3CCCN3C)nc3c2CCCN(c2ccccc2C)C3)C1. The fraction of sp³-hybridized carbons (Fsp3) is 0.607. The standard InChI is InChI=1S/C28H38N6O/c1-21-9-4-5-13-26(21)33-15-8-12-24-25(19-33)30-28(35-20-23-11-7-14-32(23)3)31-27(24)34-16-6-10-22(18-34)17-29-2/h4-5,9,13,22-23H,6-8,10-12,14-20H2,1,3H3/t22-,23-/m0/s1. The number of rotatable bonds is 6. The number of aryl methyl sites for hydroxylation is 1. The lowest BCUT2D eigenvalue weighted by Crippen LogP contribution is -2.38. The second kappa shape index (κ2) is 10.8. The van der Waals surface area contributed by atoms with Crippen molar-refractivity contribution in [1.82, 2.24) is 14.9 Å². The van der Waals surface area contributed by atoms with Gasteiger partial charge in [0.1, 0.15) is 12.4 Å². The van der Waals surface area contributed by atoms with Crippen LogP contribution in [0, 0.1) is 19.4 Å². The first-order chi connectivity index (χ1) is 17.1. The predicted molar refractivity (Wildman–Crippen MR) is 140 cm³/mol. The van der Waals surface area contributed by atoms with Crippen LogP contribution >= 0.6 is 0 Å². The van der Waals surface area contributed by atoms with E-state index in [0.717, 1.165) is 69.9 Å². The van der Waals surface area contributed by atoms with Crippen LogP contribution in [-0.2, 0) is 13.0 Å². The Morgan fingerprint density at radius 2 is 1.89 bits per heavy atom. The Kier molecular flexibility index (Phi) is 7.38. The highest BCUT2D eigenvalue weighted by atomic mass is 16.5. The maximum absolute atomic E-state index is 7.35. The van der Waals surface area contributed by atoms with Crippen molar-refractivity contribution in [2.24, 2.45) is 5.92 Å². The first kappa shape index (κ1) is 23.9. The van der Waals surface area contributed by atoms with Crippen LogP contribution in [-0.4, -0.2) is 67.3 Å². The Labute approximate surface area is 209 Å². The van der Waals surface area contributed by atoms with Crippen LogP contribution in [0.1, 0.15) is 48.9 Å². The van der Waals surface area contributed by atoms with E-state index >= 15 is 0 Å². The van der Waals surface area contributed by atoms with Crippen molar-refractivity contribution < 1.29 is 4.74 Å². The van der Waals surface area contributed by atoms with E-state index < -0.39 is 0 Å². The van der Waals surface area contributed by atoms with E-state index in [1.807, 2.05) is 0 Å². The van der Waals surface area contributed by atoms with Crippen LogP contribution in [0.3, 0.4) is 0 Å². The normalized spacial score (nSPS) is 23.0. The van der Waals surface area contributed by atoms with Crippen LogP contribution < -0.4 is 14.5 Å². The van der Waals surface area contributed by atoms with Crippen molar-refractivity contribution in [2.75, 3.05) is 56.2 Å². The van der Waals surface area contributed by atoms with Crippen molar-refractivity contribution in [1.29, 1.82) is 0 Å². The van der Waals surface area contributed by atoms with E-state index in [4.69, 9.17) is 21.3 Å². The summed E-state index contributed by atoms with van der Waals surface area (Å²) in [7, 11) is 2.18. The average Bonchev–Trinajstić information content (AvgIpc) is 3.15. The highest BCUT2D eigenvalue weighted by Crippen LogP contribution is 2.33.